The lowest BCUT2D eigenvalue weighted by Crippen LogP contribution is -1.70. The minimum Gasteiger partial charge on any atom is -0.106 e. The van der Waals surface area contributed by atoms with Crippen LogP contribution in [0.25, 0.3) is 0 Å². The molecule has 0 saturated carbocycles. The lowest BCUT2D eigenvalue weighted by molar-refractivity contribution is 0.656. The Labute approximate surface area is 73.7 Å². The minimum atomic E-state index is 1.36. The van der Waals surface area contributed by atoms with Crippen molar-refractivity contribution in [2.75, 3.05) is 0 Å². The van der Waals surface area contributed by atoms with Gasteiger partial charge in [-0.3, -0.25) is 0 Å². The molecule has 0 aromatic heterocycles. The molecular formula is C11H26. The Morgan fingerprint density at radius 1 is 0.727 bits per heavy atom. The van der Waals surface area contributed by atoms with Crippen LogP contribution in [0.5, 0.6) is 0 Å². The van der Waals surface area contributed by atoms with Gasteiger partial charge >= 0.3 is 0 Å². The molecule has 0 unspecified atom stereocenters. The normalized spacial score (nSPS) is 6.91. The zero-order valence-corrected chi connectivity index (χ0v) is 8.95. The molecule has 0 aliphatic rings. The topological polar surface area (TPSA) is 0 Å². The summed E-state index contributed by atoms with van der Waals surface area (Å²) in [4.78, 5) is 0. The van der Waals surface area contributed by atoms with Crippen LogP contribution in [-0.2, 0) is 0 Å². The van der Waals surface area contributed by atoms with E-state index in [1.165, 1.54) is 32.1 Å². The van der Waals surface area contributed by atoms with E-state index in [2.05, 4.69) is 27.0 Å². The van der Waals surface area contributed by atoms with E-state index >= 15 is 0 Å². The minimum absolute atomic E-state index is 1.36. The van der Waals surface area contributed by atoms with Crippen molar-refractivity contribution in [2.24, 2.45) is 0 Å². The first-order valence-corrected chi connectivity index (χ1v) is 4.91. The van der Waals surface area contributed by atoms with Gasteiger partial charge in [-0.15, -0.1) is 13.2 Å². The quantitative estimate of drug-likeness (QED) is 0.407. The van der Waals surface area contributed by atoms with Crippen molar-refractivity contribution < 1.29 is 0 Å². The van der Waals surface area contributed by atoms with Gasteiger partial charge in [-0.2, -0.15) is 0 Å². The molecule has 0 N–H and O–H groups in total. The molecule has 0 aliphatic heterocycles. The van der Waals surface area contributed by atoms with Crippen molar-refractivity contribution in [1.29, 1.82) is 0 Å². The van der Waals surface area contributed by atoms with Crippen molar-refractivity contribution in [3.8, 4) is 0 Å². The third-order valence-corrected chi connectivity index (χ3v) is 1.21. The van der Waals surface area contributed by atoms with Gasteiger partial charge < -0.3 is 0 Å². The van der Waals surface area contributed by atoms with Crippen LogP contribution >= 0.6 is 0 Å². The molecule has 0 atom stereocenters. The molecule has 0 rings (SSSR count). The van der Waals surface area contributed by atoms with Crippen molar-refractivity contribution in [1.82, 2.24) is 0 Å². The van der Waals surface area contributed by atoms with Crippen LogP contribution in [0, 0.1) is 0 Å². The molecular weight excluding hydrogens is 132 g/mol. The highest BCUT2D eigenvalue weighted by Gasteiger charge is 1.80. The molecule has 0 heteroatoms. The summed E-state index contributed by atoms with van der Waals surface area (Å²) >= 11 is 0. The summed E-state index contributed by atoms with van der Waals surface area (Å²) in [7, 11) is 0. The molecule has 11 heavy (non-hydrogen) atoms. The lowest BCUT2D eigenvalue weighted by atomic mass is 10.2. The summed E-state index contributed by atoms with van der Waals surface area (Å²) in [6.07, 6.45) is 7.01. The fourth-order valence-corrected chi connectivity index (χ4v) is 0.677. The van der Waals surface area contributed by atoms with Gasteiger partial charge in [-0.05, 0) is 0 Å². The molecule has 0 bridgehead atoms. The highest BCUT2D eigenvalue weighted by Crippen LogP contribution is 2.00. The van der Waals surface area contributed by atoms with Gasteiger partial charge in [0.15, 0.2) is 0 Å². The van der Waals surface area contributed by atoms with E-state index in [4.69, 9.17) is 0 Å². The van der Waals surface area contributed by atoms with Gasteiger partial charge in [0.05, 0.1) is 0 Å². The van der Waals surface area contributed by atoms with Gasteiger partial charge in [0.25, 0.3) is 0 Å². The smallest absolute Gasteiger partial charge is 0.0533 e. The second kappa shape index (κ2) is 33.1. The van der Waals surface area contributed by atoms with E-state index in [1.807, 2.05) is 13.8 Å². The summed E-state index contributed by atoms with van der Waals surface area (Å²) in [5.41, 5.74) is 0. The summed E-state index contributed by atoms with van der Waals surface area (Å²) in [6, 6.07) is 0. The summed E-state index contributed by atoms with van der Waals surface area (Å²) < 4.78 is 0. The van der Waals surface area contributed by atoms with Crippen molar-refractivity contribution >= 4 is 0 Å². The molecule has 0 fully saturated rings. The Balaban J connectivity index is -0.000000138. The molecule has 0 aromatic rings. The lowest BCUT2D eigenvalue weighted by Gasteiger charge is -1.90. The average molecular weight is 158 g/mol. The van der Waals surface area contributed by atoms with Crippen LogP contribution in [0.3, 0.4) is 0 Å². The Kier molecular flexibility index (Phi) is 51.2. The van der Waals surface area contributed by atoms with Crippen LogP contribution < -0.4 is 0 Å². The second-order valence-electron chi connectivity index (χ2n) is 2.06. The molecule has 0 radical (unpaired) electrons. The van der Waals surface area contributed by atoms with Gasteiger partial charge in [-0.1, -0.05) is 59.8 Å². The van der Waals surface area contributed by atoms with E-state index < -0.39 is 0 Å². The zero-order chi connectivity index (χ0) is 9.54. The highest BCUT2D eigenvalue weighted by atomic mass is 13.9. The van der Waals surface area contributed by atoms with Crippen LogP contribution in [0.1, 0.15) is 59.8 Å². The molecule has 0 aliphatic carbocycles. The largest absolute Gasteiger partial charge is 0.106 e. The van der Waals surface area contributed by atoms with E-state index in [0.29, 0.717) is 0 Å². The number of hydrogen-bond donors (Lipinski definition) is 0. The van der Waals surface area contributed by atoms with E-state index in [-0.39, 0.29) is 0 Å². The highest BCUT2D eigenvalue weighted by molar-refractivity contribution is 4.35. The molecule has 0 heterocycles. The third kappa shape index (κ3) is 41.7. The van der Waals surface area contributed by atoms with Gasteiger partial charge in [0.1, 0.15) is 0 Å². The van der Waals surface area contributed by atoms with E-state index in [9.17, 15) is 0 Å². The molecule has 0 saturated heterocycles. The van der Waals surface area contributed by atoms with Gasteiger partial charge in [-0.25, -0.2) is 0 Å². The molecule has 0 amide bonds. The maximum Gasteiger partial charge on any atom is -0.0533 e. The standard InChI is InChI=1S/C7H16.C2H6.C2H4/c1-3-5-7-6-4-2;2*1-2/h3-7H2,1-2H3;1-2H3;1-2H2. The predicted octanol–water partition coefficient (Wildman–Crippen LogP) is 4.81. The third-order valence-electron chi connectivity index (χ3n) is 1.21. The van der Waals surface area contributed by atoms with E-state index in [0.717, 1.165) is 0 Å². The first-order valence-electron chi connectivity index (χ1n) is 4.91. The summed E-state index contributed by atoms with van der Waals surface area (Å²) in [5, 5.41) is 0. The van der Waals surface area contributed by atoms with Crippen molar-refractivity contribution in [3.63, 3.8) is 0 Å². The molecule has 0 nitrogen and oxygen atoms in total. The summed E-state index contributed by atoms with van der Waals surface area (Å²) in [6.45, 7) is 14.5. The van der Waals surface area contributed by atoms with Crippen LogP contribution in [0.2, 0.25) is 0 Å². The number of rotatable bonds is 4. The predicted molar refractivity (Wildman–Crippen MR) is 57.0 cm³/mol. The maximum atomic E-state index is 3.00. The Hall–Kier alpha value is -0.260. The number of unbranched alkanes of at least 4 members (excludes halogenated alkanes) is 4. The Bertz CT molecular complexity index is 27.0. The summed E-state index contributed by atoms with van der Waals surface area (Å²) in [5.74, 6) is 0. The van der Waals surface area contributed by atoms with Crippen molar-refractivity contribution in [2.45, 2.75) is 59.8 Å². The van der Waals surface area contributed by atoms with E-state index in [1.54, 1.807) is 0 Å². The Morgan fingerprint density at radius 3 is 1.18 bits per heavy atom. The molecule has 0 spiro atoms. The fourth-order valence-electron chi connectivity index (χ4n) is 0.677. The second-order valence-corrected chi connectivity index (χ2v) is 2.06. The average Bonchev–Trinajstić information content (AvgIpc) is 2.13. The van der Waals surface area contributed by atoms with Gasteiger partial charge in [0, 0.05) is 0 Å². The monoisotopic (exact) mass is 158 g/mol. The van der Waals surface area contributed by atoms with Crippen molar-refractivity contribution in [3.05, 3.63) is 13.2 Å². The SMILES string of the molecule is C=C.CC.CCCCCCC. The van der Waals surface area contributed by atoms with Gasteiger partial charge in [0.2, 0.25) is 0 Å². The first-order chi connectivity index (χ1) is 5.41. The number of hydrogen-bond acceptors (Lipinski definition) is 0. The molecule has 70 valence electrons. The first kappa shape index (κ1) is 17.0. The van der Waals surface area contributed by atoms with Crippen LogP contribution in [-0.4, -0.2) is 0 Å². The zero-order valence-electron chi connectivity index (χ0n) is 8.95. The fraction of sp³-hybridized carbons (Fsp3) is 0.818. The van der Waals surface area contributed by atoms with Crippen LogP contribution in [0.15, 0.2) is 13.2 Å². The van der Waals surface area contributed by atoms with Crippen LogP contribution in [0.4, 0.5) is 0 Å². The molecule has 0 aromatic carbocycles. The maximum absolute atomic E-state index is 3.00. The Morgan fingerprint density at radius 2 is 1.00 bits per heavy atom.